The number of pyridine rings is 1. The zero-order valence-corrected chi connectivity index (χ0v) is 37.7. The van der Waals surface area contributed by atoms with Crippen molar-refractivity contribution in [3.8, 4) is 5.75 Å². The van der Waals surface area contributed by atoms with Gasteiger partial charge in [0.2, 0.25) is 17.8 Å². The molecule has 2 atom stereocenters. The number of ether oxygens (including phenoxy) is 2. The van der Waals surface area contributed by atoms with Crippen molar-refractivity contribution in [1.29, 1.82) is 0 Å². The molecule has 9 rings (SSSR count). The van der Waals surface area contributed by atoms with E-state index in [1.807, 2.05) is 32.0 Å². The van der Waals surface area contributed by atoms with E-state index in [1.54, 1.807) is 29.0 Å². The van der Waals surface area contributed by atoms with Gasteiger partial charge in [-0.05, 0) is 89.3 Å². The average molecular weight is 913 g/mol. The van der Waals surface area contributed by atoms with Gasteiger partial charge in [0.15, 0.2) is 24.0 Å². The number of carbonyl (C=O) groups is 4. The van der Waals surface area contributed by atoms with Crippen LogP contribution in [0.15, 0.2) is 47.4 Å². The minimum Gasteiger partial charge on any atom is -0.478 e. The van der Waals surface area contributed by atoms with Crippen LogP contribution in [0.2, 0.25) is 5.02 Å². The lowest BCUT2D eigenvalue weighted by atomic mass is 9.86. The van der Waals surface area contributed by atoms with E-state index in [2.05, 4.69) is 42.6 Å². The number of benzene rings is 2. The van der Waals surface area contributed by atoms with Crippen molar-refractivity contribution in [3.63, 3.8) is 0 Å². The summed E-state index contributed by atoms with van der Waals surface area (Å²) in [6.07, 6.45) is 5.85. The molecule has 4 amide bonds. The molecule has 0 radical (unpaired) electrons. The van der Waals surface area contributed by atoms with E-state index in [0.717, 1.165) is 62.8 Å². The number of imide groups is 1. The maximum Gasteiger partial charge on any atom is 0.293 e. The van der Waals surface area contributed by atoms with E-state index in [4.69, 9.17) is 26.1 Å². The maximum atomic E-state index is 16.1. The van der Waals surface area contributed by atoms with Crippen molar-refractivity contribution in [2.24, 2.45) is 0 Å². The molecular weight excluding hydrogens is 859 g/mol. The van der Waals surface area contributed by atoms with Gasteiger partial charge in [0, 0.05) is 86.5 Å². The Hall–Kier alpha value is -5.85. The number of piperazine rings is 1. The van der Waals surface area contributed by atoms with Gasteiger partial charge in [-0.3, -0.25) is 34.2 Å². The van der Waals surface area contributed by atoms with Crippen LogP contribution in [0.5, 0.6) is 5.75 Å². The molecule has 3 N–H and O–H groups in total. The average Bonchev–Trinajstić information content (AvgIpc) is 3.61. The first-order valence-corrected chi connectivity index (χ1v) is 22.8. The summed E-state index contributed by atoms with van der Waals surface area (Å²) in [6, 6.07) is 10.1. The molecule has 4 aliphatic heterocycles. The SMILES string of the molecule is CNC(=O)COc1cc2cc(Nc3nc(N4CCC(OC5CC(N6CCN(c7ccc8c(c7F)CN([C@@H]7CCC(=O)NC7=O)C8=O)[C@H](C)C6)C5)CC4)ncc3Cl)ccc2n(C(C)C)c1=O. The summed E-state index contributed by atoms with van der Waals surface area (Å²) < 4.78 is 30.0. The quantitative estimate of drug-likeness (QED) is 0.169. The molecule has 19 heteroatoms. The molecular formula is C46H54ClFN10O7. The fourth-order valence-electron chi connectivity index (χ4n) is 9.86. The van der Waals surface area contributed by atoms with Crippen LogP contribution in [0.3, 0.4) is 0 Å². The Bertz CT molecular complexity index is 2600. The van der Waals surface area contributed by atoms with Crippen molar-refractivity contribution in [2.45, 2.75) is 102 Å². The van der Waals surface area contributed by atoms with Crippen LogP contribution in [0, 0.1) is 5.82 Å². The van der Waals surface area contributed by atoms with E-state index in [9.17, 15) is 24.0 Å². The molecule has 0 spiro atoms. The summed E-state index contributed by atoms with van der Waals surface area (Å²) in [6.45, 7) is 9.33. The zero-order chi connectivity index (χ0) is 45.7. The molecule has 344 valence electrons. The van der Waals surface area contributed by atoms with Gasteiger partial charge in [-0.25, -0.2) is 9.37 Å². The molecule has 4 fully saturated rings. The van der Waals surface area contributed by atoms with Crippen LogP contribution in [-0.2, 0) is 25.7 Å². The number of rotatable bonds is 12. The van der Waals surface area contributed by atoms with E-state index in [-0.39, 0.29) is 84.9 Å². The summed E-state index contributed by atoms with van der Waals surface area (Å²) in [5.74, 6) is -0.913. The maximum absolute atomic E-state index is 16.1. The highest BCUT2D eigenvalue weighted by Crippen LogP contribution is 2.38. The molecule has 17 nitrogen and oxygen atoms in total. The highest BCUT2D eigenvalue weighted by molar-refractivity contribution is 6.33. The number of hydrogen-bond donors (Lipinski definition) is 3. The summed E-state index contributed by atoms with van der Waals surface area (Å²) in [7, 11) is 1.51. The molecule has 2 aromatic carbocycles. The van der Waals surface area contributed by atoms with Crippen LogP contribution in [0.1, 0.15) is 81.3 Å². The first kappa shape index (κ1) is 44.4. The van der Waals surface area contributed by atoms with Crippen LogP contribution < -0.4 is 36.0 Å². The molecule has 5 aliphatic rings. The van der Waals surface area contributed by atoms with Gasteiger partial charge in [0.1, 0.15) is 11.1 Å². The highest BCUT2D eigenvalue weighted by Gasteiger charge is 2.43. The number of aromatic nitrogens is 3. The van der Waals surface area contributed by atoms with Crippen molar-refractivity contribution in [3.05, 3.63) is 74.9 Å². The van der Waals surface area contributed by atoms with Gasteiger partial charge in [-0.1, -0.05) is 11.6 Å². The molecule has 2 aromatic heterocycles. The third kappa shape index (κ3) is 8.82. The second-order valence-corrected chi connectivity index (χ2v) is 18.3. The first-order chi connectivity index (χ1) is 31.3. The molecule has 1 saturated carbocycles. The third-order valence-corrected chi connectivity index (χ3v) is 13.7. The fourth-order valence-corrected chi connectivity index (χ4v) is 10.0. The zero-order valence-electron chi connectivity index (χ0n) is 36.9. The molecule has 1 aliphatic carbocycles. The lowest BCUT2D eigenvalue weighted by Gasteiger charge is -2.49. The van der Waals surface area contributed by atoms with E-state index < -0.39 is 17.8 Å². The van der Waals surface area contributed by atoms with Gasteiger partial charge in [-0.15, -0.1) is 0 Å². The third-order valence-electron chi connectivity index (χ3n) is 13.4. The number of halogens is 2. The van der Waals surface area contributed by atoms with Gasteiger partial charge >= 0.3 is 0 Å². The summed E-state index contributed by atoms with van der Waals surface area (Å²) >= 11 is 6.60. The predicted octanol–water partition coefficient (Wildman–Crippen LogP) is 4.52. The highest BCUT2D eigenvalue weighted by atomic mass is 35.5. The number of fused-ring (bicyclic) bond motifs is 2. The first-order valence-electron chi connectivity index (χ1n) is 22.5. The second-order valence-electron chi connectivity index (χ2n) is 17.9. The number of carbonyl (C=O) groups excluding carboxylic acids is 4. The van der Waals surface area contributed by atoms with E-state index in [0.29, 0.717) is 46.3 Å². The minimum absolute atomic E-state index is 0.00571. The Labute approximate surface area is 380 Å². The molecule has 0 bridgehead atoms. The number of piperidine rings is 2. The van der Waals surface area contributed by atoms with Gasteiger partial charge in [0.25, 0.3) is 17.4 Å². The van der Waals surface area contributed by atoms with Crippen LogP contribution in [0.4, 0.5) is 27.5 Å². The van der Waals surface area contributed by atoms with Gasteiger partial charge in [0.05, 0.1) is 36.2 Å². The van der Waals surface area contributed by atoms with Crippen LogP contribution in [-0.4, -0.2) is 125 Å². The Morgan fingerprint density at radius 2 is 1.78 bits per heavy atom. The van der Waals surface area contributed by atoms with Gasteiger partial charge < -0.3 is 39.4 Å². The lowest BCUT2D eigenvalue weighted by molar-refractivity contribution is -0.137. The minimum atomic E-state index is -0.788. The molecule has 3 saturated heterocycles. The number of anilines is 4. The fraction of sp³-hybridized carbons (Fsp3) is 0.500. The van der Waals surface area contributed by atoms with Crippen molar-refractivity contribution < 1.29 is 33.0 Å². The summed E-state index contributed by atoms with van der Waals surface area (Å²) in [5.41, 5.74) is 2.16. The largest absolute Gasteiger partial charge is 0.478 e. The molecule has 4 aromatic rings. The van der Waals surface area contributed by atoms with Crippen LogP contribution >= 0.6 is 11.6 Å². The number of hydrogen-bond acceptors (Lipinski definition) is 13. The number of nitrogens with one attached hydrogen (secondary N) is 3. The van der Waals surface area contributed by atoms with Crippen LogP contribution in [0.25, 0.3) is 10.9 Å². The van der Waals surface area contributed by atoms with Crippen molar-refractivity contribution in [2.75, 3.05) is 61.5 Å². The Kier molecular flexibility index (Phi) is 12.4. The normalized spacial score (nSPS) is 22.9. The second kappa shape index (κ2) is 18.2. The number of likely N-dealkylation sites (N-methyl/N-ethyl adjacent to an activating group) is 1. The Balaban J connectivity index is 0.756. The molecule has 0 unspecified atom stereocenters. The van der Waals surface area contributed by atoms with Crippen molar-refractivity contribution in [1.82, 2.24) is 35.0 Å². The molecule has 65 heavy (non-hydrogen) atoms. The number of nitrogens with zero attached hydrogens (tertiary/aromatic N) is 7. The standard InChI is InChI=1S/C46H54ClFN10O7/c1-25(2)58-35-7-5-28(17-27(35)18-38(45(58)63)64-24-40(60)49-4)51-42-34(47)21-50-46(53-42)54-13-11-30(12-14-54)65-31-19-29(20-31)55-15-16-56(26(3)22-55)36-8-6-32-33(41(36)48)23-57(44(32)62)37-9-10-39(59)52-43(37)61/h5-8,17-18,21,25-26,29-31,37H,9-16,19-20,22-24H2,1-4H3,(H,49,60)(H,50,51,53)(H,52,59,61)/t26-,29?,31?,37-/m1/s1. The van der Waals surface area contributed by atoms with E-state index >= 15 is 4.39 Å². The topological polar surface area (TPSA) is 184 Å². The smallest absolute Gasteiger partial charge is 0.293 e. The number of amides is 4. The predicted molar refractivity (Wildman–Crippen MR) is 242 cm³/mol. The summed E-state index contributed by atoms with van der Waals surface area (Å²) in [4.78, 5) is 79.9. The summed E-state index contributed by atoms with van der Waals surface area (Å²) in [5, 5.41) is 9.22. The van der Waals surface area contributed by atoms with Crippen molar-refractivity contribution >= 4 is 69.3 Å². The lowest BCUT2D eigenvalue weighted by Crippen LogP contribution is -2.59. The molecule has 6 heterocycles. The Morgan fingerprint density at radius 1 is 1.00 bits per heavy atom. The van der Waals surface area contributed by atoms with E-state index in [1.165, 1.54) is 11.9 Å². The Morgan fingerprint density at radius 3 is 2.51 bits per heavy atom. The monoisotopic (exact) mass is 912 g/mol. The van der Waals surface area contributed by atoms with Gasteiger partial charge in [-0.2, -0.15) is 4.98 Å².